The van der Waals surface area contributed by atoms with Crippen molar-refractivity contribution in [2.75, 3.05) is 61.6 Å². The predicted octanol–water partition coefficient (Wildman–Crippen LogP) is 8.03. The molecule has 0 radical (unpaired) electrons. The highest BCUT2D eigenvalue weighted by Gasteiger charge is 2.62. The van der Waals surface area contributed by atoms with Gasteiger partial charge in [0.15, 0.2) is 23.3 Å². The lowest BCUT2D eigenvalue weighted by atomic mass is 9.73. The topological polar surface area (TPSA) is 416 Å². The number of methoxy groups -OCH3 is 2. The third-order valence-electron chi connectivity index (χ3n) is 20.1. The lowest BCUT2D eigenvalue weighted by molar-refractivity contribution is -0.301. The normalized spacial score (nSPS) is 37.6. The SMILES string of the molecule is CC[C@H]1OC(=O)[C@H](C)C(=O)[C@H](C)[C@@H](O)[C@@](C)(OC)C[C@@H](C)C(=O)[C@H](C)[C@H]2N(CCCCN=[N+]=[N-])C(=O)O[C@]12C.CC[C@H]1OC(=O)[C@H](C)[C@H](O)[C@H](C)[C@@H](OC2OC(C)CC(N(C)C)C2O)[C@@](C)(OC)C[C@@H](C)C(=O)[C@H](C)[C@H]2N(CCCCN=[N+]=[N-])C(=O)O[C@]12C.CO.O=C(Cl)C(=O)Cl. The number of Topliss-reactive ketones (excluding diaryl/α,β-unsaturated/α-hetero) is 3. The molecular weight excluding hydrogens is 1310 g/mol. The highest BCUT2D eigenvalue weighted by Crippen LogP contribution is 2.46. The molecule has 0 saturated carbocycles. The molecule has 97 heavy (non-hydrogen) atoms. The van der Waals surface area contributed by atoms with E-state index in [9.17, 15) is 58.5 Å². The summed E-state index contributed by atoms with van der Waals surface area (Å²) in [5, 5.41) is 46.1. The summed E-state index contributed by atoms with van der Waals surface area (Å²) < 4.78 is 48.4. The number of ether oxygens (including phenoxy) is 8. The van der Waals surface area contributed by atoms with E-state index in [-0.39, 0.29) is 75.6 Å². The summed E-state index contributed by atoms with van der Waals surface area (Å²) in [7, 11) is 7.66. The van der Waals surface area contributed by atoms with Crippen LogP contribution in [0.4, 0.5) is 9.59 Å². The molecule has 0 aliphatic carbocycles. The van der Waals surface area contributed by atoms with Crippen LogP contribution in [0.3, 0.4) is 0 Å². The number of fused-ring (bicyclic) bond motifs is 2. The third-order valence-corrected chi connectivity index (χ3v) is 20.6. The van der Waals surface area contributed by atoms with Gasteiger partial charge in [-0.3, -0.25) is 33.6 Å². The number of halogens is 2. The van der Waals surface area contributed by atoms with E-state index in [1.807, 2.05) is 32.8 Å². The van der Waals surface area contributed by atoms with Gasteiger partial charge in [-0.15, -0.1) is 0 Å². The molecule has 0 spiro atoms. The maximum atomic E-state index is 14.5. The van der Waals surface area contributed by atoms with E-state index in [0.29, 0.717) is 32.1 Å². The van der Waals surface area contributed by atoms with Crippen molar-refractivity contribution in [1.29, 1.82) is 0 Å². The van der Waals surface area contributed by atoms with Gasteiger partial charge >= 0.3 is 34.6 Å². The molecule has 0 aromatic heterocycles. The van der Waals surface area contributed by atoms with Crippen LogP contribution in [0.15, 0.2) is 10.2 Å². The van der Waals surface area contributed by atoms with Crippen molar-refractivity contribution in [2.24, 2.45) is 57.6 Å². The minimum Gasteiger partial charge on any atom is -0.458 e. The minimum absolute atomic E-state index is 0.117. The number of ketones is 3. The fraction of sp³-hybridized carbons (Fsp3) is 0.862. The largest absolute Gasteiger partial charge is 0.458 e. The molecule has 0 bridgehead atoms. The Hall–Kier alpha value is -5.33. The second-order valence-electron chi connectivity index (χ2n) is 27.2. The van der Waals surface area contributed by atoms with E-state index in [1.54, 1.807) is 76.2 Å². The van der Waals surface area contributed by atoms with E-state index in [0.717, 1.165) is 7.11 Å². The first kappa shape index (κ1) is 87.8. The van der Waals surface area contributed by atoms with Crippen molar-refractivity contribution in [1.82, 2.24) is 14.7 Å². The molecule has 4 N–H and O–H groups in total. The van der Waals surface area contributed by atoms with Gasteiger partial charge in [-0.25, -0.2) is 9.59 Å². The van der Waals surface area contributed by atoms with Crippen LogP contribution in [-0.2, 0) is 71.5 Å². The monoisotopic (exact) mass is 1420 g/mol. The van der Waals surface area contributed by atoms with Crippen LogP contribution >= 0.6 is 23.2 Å². The average Bonchev–Trinajstić information content (AvgIpc) is 1.63. The van der Waals surface area contributed by atoms with Crippen molar-refractivity contribution in [2.45, 2.75) is 251 Å². The van der Waals surface area contributed by atoms with Crippen molar-refractivity contribution in [3.8, 4) is 0 Å². The standard InChI is InChI=1S/C35H61N5O10.C27H44N4O8.C2Cl2O2.CH4O/c1-12-25-35(8)29(40(33(45)50-35)16-14-13-15-37-38-36)21(4)26(41)19(2)18-34(7,46-11)30(22(5)27(42)23(6)31(44)48-25)49-32-28(43)24(39(9)10)17-20(3)47-32;1-9-19-27(7)22(31(25(36)39-27)13-11-10-12-29-30-28)16(3)20(32)15(2)14-26(6,37-8)23(34)17(4)21(33)18(5)24(35)38-19;3-1(5)2(4)6;1-2/h19-25,27-30,32,42-43H,12-18H2,1-11H3;15-19,22-23,34H,9-14H2,1-8H3;;2H,1H3/t19-,20?,21+,22+,23-,24?,25-,27-,28?,29-,30-,32?,34+,35-;15-,16+,17+,18-,19-,22-,23-,26+,27-;;/m11../s1. The summed E-state index contributed by atoms with van der Waals surface area (Å²) in [5.74, 6) is -8.97. The zero-order valence-corrected chi connectivity index (χ0v) is 61.7. The fourth-order valence-corrected chi connectivity index (χ4v) is 14.5. The van der Waals surface area contributed by atoms with E-state index < -0.39 is 165 Å². The predicted molar refractivity (Wildman–Crippen MR) is 355 cm³/mol. The maximum Gasteiger partial charge on any atom is 0.410 e. The molecule has 5 rings (SSSR count). The average molecular weight is 1420 g/mol. The molecule has 4 unspecified atom stereocenters. The quantitative estimate of drug-likeness (QED) is 0.0116. The molecule has 0 aromatic rings. The Labute approximate surface area is 580 Å². The Morgan fingerprint density at radius 1 is 0.629 bits per heavy atom. The molecular formula is C65H109Cl2N9O21. The Bertz CT molecular complexity index is 2770. The van der Waals surface area contributed by atoms with E-state index in [2.05, 4.69) is 43.3 Å². The lowest BCUT2D eigenvalue weighted by Crippen LogP contribution is -2.60. The number of hydrogen-bond acceptors (Lipinski definition) is 24. The first-order chi connectivity index (χ1) is 45.2. The summed E-state index contributed by atoms with van der Waals surface area (Å²) in [6.07, 6.45) is -5.52. The number of aliphatic hydroxyl groups is 4. The van der Waals surface area contributed by atoms with Crippen LogP contribution in [0.5, 0.6) is 0 Å². The van der Waals surface area contributed by atoms with Gasteiger partial charge in [0, 0.05) is 98.9 Å². The molecule has 23 atom stereocenters. The summed E-state index contributed by atoms with van der Waals surface area (Å²) in [6, 6.07) is -1.82. The number of carbonyl (C=O) groups excluding carboxylic acids is 9. The second kappa shape index (κ2) is 39.0. The number of cyclic esters (lactones) is 2. The number of carbonyl (C=O) groups is 9. The van der Waals surface area contributed by atoms with Crippen molar-refractivity contribution >= 4 is 75.2 Å². The van der Waals surface area contributed by atoms with E-state index in [1.165, 1.54) is 37.9 Å². The van der Waals surface area contributed by atoms with E-state index in [4.69, 9.17) is 54.1 Å². The van der Waals surface area contributed by atoms with Gasteiger partial charge in [0.05, 0.1) is 53.6 Å². The number of amides is 2. The molecule has 5 saturated heterocycles. The maximum absolute atomic E-state index is 14.5. The molecule has 32 heteroatoms. The molecule has 5 aliphatic rings. The molecule has 2 amide bonds. The summed E-state index contributed by atoms with van der Waals surface area (Å²) in [5.41, 5.74) is 12.0. The summed E-state index contributed by atoms with van der Waals surface area (Å²) in [4.78, 5) is 125. The number of azide groups is 2. The Kier molecular flexibility index (Phi) is 35.3. The molecule has 30 nitrogen and oxygen atoms in total. The van der Waals surface area contributed by atoms with Crippen LogP contribution in [0.2, 0.25) is 0 Å². The molecule has 5 aliphatic heterocycles. The smallest absolute Gasteiger partial charge is 0.410 e. The van der Waals surface area contributed by atoms with Crippen LogP contribution in [0, 0.1) is 47.3 Å². The zero-order chi connectivity index (χ0) is 74.6. The van der Waals surface area contributed by atoms with Gasteiger partial charge in [-0.1, -0.05) is 65.6 Å². The second-order valence-corrected chi connectivity index (χ2v) is 27.9. The van der Waals surface area contributed by atoms with Gasteiger partial charge in [-0.05, 0) is 155 Å². The molecule has 0 aromatic carbocycles. The number of esters is 2. The van der Waals surface area contributed by atoms with Gasteiger partial charge in [-0.2, -0.15) is 0 Å². The number of hydrogen-bond donors (Lipinski definition) is 4. The van der Waals surface area contributed by atoms with Crippen LogP contribution in [-0.4, -0.2) is 238 Å². The molecule has 5 fully saturated rings. The van der Waals surface area contributed by atoms with Crippen molar-refractivity contribution in [3.05, 3.63) is 20.9 Å². The first-order valence-corrected chi connectivity index (χ1v) is 34.0. The van der Waals surface area contributed by atoms with Crippen LogP contribution in [0.1, 0.15) is 162 Å². The van der Waals surface area contributed by atoms with Crippen LogP contribution in [0.25, 0.3) is 20.9 Å². The first-order valence-electron chi connectivity index (χ1n) is 33.2. The summed E-state index contributed by atoms with van der Waals surface area (Å²) >= 11 is 8.98. The highest BCUT2D eigenvalue weighted by molar-refractivity contribution is 6.97. The Morgan fingerprint density at radius 3 is 1.42 bits per heavy atom. The fourth-order valence-electron chi connectivity index (χ4n) is 14.5. The van der Waals surface area contributed by atoms with Gasteiger partial charge < -0.3 is 73.0 Å². The highest BCUT2D eigenvalue weighted by atomic mass is 35.5. The number of aliphatic hydroxyl groups excluding tert-OH is 4. The summed E-state index contributed by atoms with van der Waals surface area (Å²) in [6.45, 7) is 26.6. The van der Waals surface area contributed by atoms with Gasteiger partial charge in [0.25, 0.3) is 0 Å². The van der Waals surface area contributed by atoms with Crippen molar-refractivity contribution in [3.63, 3.8) is 0 Å². The number of likely N-dealkylation sites (N-methyl/N-ethyl adjacent to an activating group) is 1. The molecule has 554 valence electrons. The molecule has 5 heterocycles. The number of nitrogens with zero attached hydrogens (tertiary/aromatic N) is 9. The number of rotatable bonds is 18. The van der Waals surface area contributed by atoms with E-state index >= 15 is 0 Å². The Morgan fingerprint density at radius 2 is 1.04 bits per heavy atom. The van der Waals surface area contributed by atoms with Gasteiger partial charge in [0.2, 0.25) is 0 Å². The number of unbranched alkanes of at least 4 members (excludes halogenated alkanes) is 2. The van der Waals surface area contributed by atoms with Gasteiger partial charge in [0.1, 0.15) is 35.8 Å². The Balaban J connectivity index is 0.000000608. The minimum atomic E-state index is -1.38. The third kappa shape index (κ3) is 21.4. The van der Waals surface area contributed by atoms with Crippen LogP contribution < -0.4 is 0 Å². The zero-order valence-electron chi connectivity index (χ0n) is 60.2. The van der Waals surface area contributed by atoms with Crippen molar-refractivity contribution < 1.29 is 101 Å². The lowest BCUT2D eigenvalue weighted by Gasteiger charge is -2.48.